The van der Waals surface area contributed by atoms with Crippen LogP contribution >= 0.6 is 0 Å². The Hall–Kier alpha value is -4.22. The first-order chi connectivity index (χ1) is 15.8. The summed E-state index contributed by atoms with van der Waals surface area (Å²) in [6.45, 7) is -0.592. The van der Waals surface area contributed by atoms with Gasteiger partial charge in [-0.1, -0.05) is 36.4 Å². The lowest BCUT2D eigenvalue weighted by atomic mass is 10.1. The largest absolute Gasteiger partial charge is 0.481 e. The summed E-state index contributed by atoms with van der Waals surface area (Å²) in [5, 5.41) is 22.5. The van der Waals surface area contributed by atoms with Crippen molar-refractivity contribution in [3.8, 4) is 0 Å². The summed E-state index contributed by atoms with van der Waals surface area (Å²) in [6, 6.07) is 10.8. The number of ether oxygens (including phenoxy) is 1. The Morgan fingerprint density at radius 1 is 1.06 bits per heavy atom. The molecule has 0 aliphatic carbocycles. The molecule has 10 nitrogen and oxygen atoms in total. The van der Waals surface area contributed by atoms with E-state index in [0.29, 0.717) is 5.56 Å². The third kappa shape index (κ3) is 6.89. The predicted molar refractivity (Wildman–Crippen MR) is 108 cm³/mol. The number of nitrogens with one attached hydrogen (secondary N) is 1. The summed E-state index contributed by atoms with van der Waals surface area (Å²) in [6.07, 6.45) is -1.96. The van der Waals surface area contributed by atoms with E-state index in [1.165, 1.54) is 6.07 Å². The molecule has 0 fully saturated rings. The molecule has 3 rings (SSSR count). The highest BCUT2D eigenvalue weighted by atomic mass is 19.1. The zero-order valence-electron chi connectivity index (χ0n) is 17.1. The number of nitrogens with zero attached hydrogens (tertiary/aromatic N) is 4. The number of aliphatic carboxylic acids is 1. The second-order valence-corrected chi connectivity index (χ2v) is 6.94. The highest BCUT2D eigenvalue weighted by molar-refractivity contribution is 5.90. The lowest BCUT2D eigenvalue weighted by Crippen LogP contribution is -2.44. The number of benzene rings is 2. The first-order valence-corrected chi connectivity index (χ1v) is 9.73. The van der Waals surface area contributed by atoms with Gasteiger partial charge >= 0.3 is 12.1 Å². The molecule has 1 heterocycles. The zero-order valence-corrected chi connectivity index (χ0v) is 17.1. The van der Waals surface area contributed by atoms with Gasteiger partial charge in [-0.3, -0.25) is 9.59 Å². The smallest absolute Gasteiger partial charge is 0.408 e. The molecule has 1 unspecified atom stereocenters. The monoisotopic (exact) mass is 459 g/mol. The quantitative estimate of drug-likeness (QED) is 0.469. The lowest BCUT2D eigenvalue weighted by Gasteiger charge is -2.15. The van der Waals surface area contributed by atoms with Gasteiger partial charge in [-0.25, -0.2) is 13.6 Å². The van der Waals surface area contributed by atoms with Gasteiger partial charge in [0.2, 0.25) is 0 Å². The van der Waals surface area contributed by atoms with E-state index in [0.717, 1.165) is 16.9 Å². The van der Waals surface area contributed by atoms with Crippen molar-refractivity contribution in [2.75, 3.05) is 0 Å². The van der Waals surface area contributed by atoms with Crippen molar-refractivity contribution < 1.29 is 33.0 Å². The van der Waals surface area contributed by atoms with E-state index in [1.807, 2.05) is 0 Å². The van der Waals surface area contributed by atoms with Crippen LogP contribution in [-0.4, -0.2) is 49.2 Å². The third-order valence-electron chi connectivity index (χ3n) is 4.46. The number of carboxylic acids is 1. The van der Waals surface area contributed by atoms with E-state index < -0.39 is 48.5 Å². The van der Waals surface area contributed by atoms with Gasteiger partial charge in [-0.05, 0) is 22.9 Å². The molecule has 0 bridgehead atoms. The number of carbonyl (C=O) groups is 3. The summed E-state index contributed by atoms with van der Waals surface area (Å²) in [5.74, 6) is -3.64. The molecule has 1 aromatic heterocycles. The van der Waals surface area contributed by atoms with Crippen LogP contribution in [0.15, 0.2) is 48.5 Å². The van der Waals surface area contributed by atoms with Crippen molar-refractivity contribution in [3.63, 3.8) is 0 Å². The normalized spacial score (nSPS) is 11.6. The molecule has 0 aliphatic rings. The summed E-state index contributed by atoms with van der Waals surface area (Å²) in [4.78, 5) is 36.6. The number of carboxylic acid groups (broad SMARTS) is 1. The van der Waals surface area contributed by atoms with E-state index >= 15 is 0 Å². The number of amides is 1. The van der Waals surface area contributed by atoms with Crippen LogP contribution in [0.2, 0.25) is 0 Å². The van der Waals surface area contributed by atoms with Crippen LogP contribution in [0.1, 0.15) is 23.4 Å². The van der Waals surface area contributed by atoms with Gasteiger partial charge in [0, 0.05) is 12.0 Å². The number of hydrogen-bond acceptors (Lipinski definition) is 7. The Labute approximate surface area is 186 Å². The van der Waals surface area contributed by atoms with Gasteiger partial charge in [0.05, 0.1) is 6.42 Å². The average Bonchev–Trinajstić information content (AvgIpc) is 3.22. The Bertz CT molecular complexity index is 1120. The Kier molecular flexibility index (Phi) is 7.73. The molecule has 2 N–H and O–H groups in total. The van der Waals surface area contributed by atoms with E-state index in [4.69, 9.17) is 9.84 Å². The summed E-state index contributed by atoms with van der Waals surface area (Å²) >= 11 is 0. The standard InChI is InChI=1S/C21H19F2N5O5/c22-15-7-4-8-16(23)14(15)9-19-25-27-28(26-19)11-18(29)17(10-20(30)31)24-21(32)33-12-13-5-2-1-3-6-13/h1-8,17H,9-12H2,(H,24,32)(H,30,31). The molecule has 0 radical (unpaired) electrons. The number of hydrogen-bond donors (Lipinski definition) is 2. The topological polar surface area (TPSA) is 136 Å². The fourth-order valence-corrected chi connectivity index (χ4v) is 2.85. The van der Waals surface area contributed by atoms with E-state index in [-0.39, 0.29) is 24.4 Å². The number of carbonyl (C=O) groups excluding carboxylic acids is 2. The van der Waals surface area contributed by atoms with Gasteiger partial charge in [-0.2, -0.15) is 4.80 Å². The fraction of sp³-hybridized carbons (Fsp3) is 0.238. The maximum absolute atomic E-state index is 13.8. The van der Waals surface area contributed by atoms with Crippen LogP contribution in [-0.2, 0) is 33.9 Å². The minimum absolute atomic E-state index is 0.0446. The molecule has 172 valence electrons. The van der Waals surface area contributed by atoms with Crippen LogP contribution in [0.25, 0.3) is 0 Å². The molecule has 0 saturated carbocycles. The van der Waals surface area contributed by atoms with Crippen molar-refractivity contribution in [1.29, 1.82) is 0 Å². The second-order valence-electron chi connectivity index (χ2n) is 6.94. The van der Waals surface area contributed by atoms with Gasteiger partial charge in [0.25, 0.3) is 0 Å². The number of ketones is 1. The highest BCUT2D eigenvalue weighted by Gasteiger charge is 2.25. The SMILES string of the molecule is O=C(O)CC(NC(=O)OCc1ccccc1)C(=O)Cn1nnc(Cc2c(F)cccc2F)n1. The molecular formula is C21H19F2N5O5. The maximum Gasteiger partial charge on any atom is 0.408 e. The maximum atomic E-state index is 13.8. The van der Waals surface area contributed by atoms with E-state index in [2.05, 4.69) is 20.7 Å². The van der Waals surface area contributed by atoms with Gasteiger partial charge in [-0.15, -0.1) is 10.2 Å². The van der Waals surface area contributed by atoms with Crippen LogP contribution in [0, 0.1) is 11.6 Å². The van der Waals surface area contributed by atoms with Crippen LogP contribution in [0.3, 0.4) is 0 Å². The molecule has 0 aliphatic heterocycles. The molecule has 1 amide bonds. The minimum Gasteiger partial charge on any atom is -0.481 e. The number of Topliss-reactive ketones (excluding diaryl/α,β-unsaturated/α-hetero) is 1. The molecule has 0 saturated heterocycles. The van der Waals surface area contributed by atoms with Gasteiger partial charge in [0.1, 0.15) is 30.8 Å². The second kappa shape index (κ2) is 10.9. The fourth-order valence-electron chi connectivity index (χ4n) is 2.85. The number of tetrazole rings is 1. The minimum atomic E-state index is -1.41. The van der Waals surface area contributed by atoms with Crippen LogP contribution in [0.5, 0.6) is 0 Å². The van der Waals surface area contributed by atoms with Crippen LogP contribution in [0.4, 0.5) is 13.6 Å². The summed E-state index contributed by atoms with van der Waals surface area (Å²) in [7, 11) is 0. The van der Waals surface area contributed by atoms with E-state index in [9.17, 15) is 23.2 Å². The highest BCUT2D eigenvalue weighted by Crippen LogP contribution is 2.14. The molecule has 12 heteroatoms. The number of rotatable bonds is 10. The van der Waals surface area contributed by atoms with Crippen molar-refractivity contribution in [3.05, 3.63) is 77.1 Å². The first kappa shape index (κ1) is 23.4. The van der Waals surface area contributed by atoms with Crippen molar-refractivity contribution in [2.24, 2.45) is 0 Å². The predicted octanol–water partition coefficient (Wildman–Crippen LogP) is 1.88. The van der Waals surface area contributed by atoms with Gasteiger partial charge < -0.3 is 15.2 Å². The van der Waals surface area contributed by atoms with Crippen LogP contribution < -0.4 is 5.32 Å². The Morgan fingerprint density at radius 3 is 2.42 bits per heavy atom. The average molecular weight is 459 g/mol. The van der Waals surface area contributed by atoms with Crippen molar-refractivity contribution in [2.45, 2.75) is 32.0 Å². The number of alkyl carbamates (subject to hydrolysis) is 1. The zero-order chi connectivity index (χ0) is 23.8. The van der Waals surface area contributed by atoms with Crippen molar-refractivity contribution >= 4 is 17.8 Å². The molecule has 2 aromatic carbocycles. The number of halogens is 2. The Morgan fingerprint density at radius 2 is 1.76 bits per heavy atom. The summed E-state index contributed by atoms with van der Waals surface area (Å²) in [5.41, 5.74) is 0.453. The number of aromatic nitrogens is 4. The van der Waals surface area contributed by atoms with Crippen molar-refractivity contribution in [1.82, 2.24) is 25.5 Å². The third-order valence-corrected chi connectivity index (χ3v) is 4.46. The summed E-state index contributed by atoms with van der Waals surface area (Å²) < 4.78 is 32.6. The lowest BCUT2D eigenvalue weighted by molar-refractivity contribution is -0.139. The Balaban J connectivity index is 1.60. The first-order valence-electron chi connectivity index (χ1n) is 9.73. The molecule has 33 heavy (non-hydrogen) atoms. The molecular weight excluding hydrogens is 440 g/mol. The van der Waals surface area contributed by atoms with Gasteiger partial charge in [0.15, 0.2) is 11.6 Å². The molecule has 0 spiro atoms. The molecule has 3 aromatic rings. The van der Waals surface area contributed by atoms with E-state index in [1.54, 1.807) is 30.3 Å². The molecule has 1 atom stereocenters.